The van der Waals surface area contributed by atoms with E-state index in [0.717, 1.165) is 62.5 Å². The zero-order valence-corrected chi connectivity index (χ0v) is 15.4. The Morgan fingerprint density at radius 1 is 1.31 bits per heavy atom. The SMILES string of the molecule is Cc1nccc(N2CCC(CCNC(=O)c3cccc4c3CCC4)C2)n1. The van der Waals surface area contributed by atoms with Gasteiger partial charge in [-0.2, -0.15) is 0 Å². The third-order valence-electron chi connectivity index (χ3n) is 5.60. The van der Waals surface area contributed by atoms with Crippen LogP contribution in [0.2, 0.25) is 0 Å². The van der Waals surface area contributed by atoms with Gasteiger partial charge in [0.1, 0.15) is 11.6 Å². The fourth-order valence-corrected chi connectivity index (χ4v) is 4.21. The summed E-state index contributed by atoms with van der Waals surface area (Å²) in [5.74, 6) is 2.52. The summed E-state index contributed by atoms with van der Waals surface area (Å²) >= 11 is 0. The lowest BCUT2D eigenvalue weighted by atomic mass is 10.0. The van der Waals surface area contributed by atoms with Crippen LogP contribution < -0.4 is 10.2 Å². The summed E-state index contributed by atoms with van der Waals surface area (Å²) in [5, 5.41) is 3.14. The Labute approximate surface area is 154 Å². The Morgan fingerprint density at radius 2 is 2.23 bits per heavy atom. The van der Waals surface area contributed by atoms with Crippen molar-refractivity contribution in [2.75, 3.05) is 24.5 Å². The van der Waals surface area contributed by atoms with Gasteiger partial charge in [0.2, 0.25) is 0 Å². The molecule has 1 N–H and O–H groups in total. The van der Waals surface area contributed by atoms with E-state index in [1.807, 2.05) is 31.3 Å². The number of rotatable bonds is 5. The molecule has 1 aliphatic heterocycles. The summed E-state index contributed by atoms with van der Waals surface area (Å²) < 4.78 is 0. The molecule has 1 unspecified atom stereocenters. The molecule has 1 aromatic heterocycles. The number of amides is 1. The molecular formula is C21H26N4O. The second kappa shape index (κ2) is 7.44. The highest BCUT2D eigenvalue weighted by Gasteiger charge is 2.24. The van der Waals surface area contributed by atoms with Gasteiger partial charge < -0.3 is 10.2 Å². The Bertz CT molecular complexity index is 804. The third kappa shape index (κ3) is 3.57. The van der Waals surface area contributed by atoms with E-state index in [2.05, 4.69) is 26.3 Å². The lowest BCUT2D eigenvalue weighted by molar-refractivity contribution is 0.0951. The molecule has 0 spiro atoms. The quantitative estimate of drug-likeness (QED) is 0.901. The fourth-order valence-electron chi connectivity index (χ4n) is 4.21. The molecule has 1 fully saturated rings. The summed E-state index contributed by atoms with van der Waals surface area (Å²) in [6.45, 7) is 4.70. The smallest absolute Gasteiger partial charge is 0.251 e. The maximum Gasteiger partial charge on any atom is 0.251 e. The third-order valence-corrected chi connectivity index (χ3v) is 5.60. The van der Waals surface area contributed by atoms with Gasteiger partial charge in [-0.25, -0.2) is 9.97 Å². The summed E-state index contributed by atoms with van der Waals surface area (Å²) in [6, 6.07) is 8.11. The first-order valence-corrected chi connectivity index (χ1v) is 9.64. The van der Waals surface area contributed by atoms with Crippen LogP contribution in [0.15, 0.2) is 30.5 Å². The molecule has 136 valence electrons. The van der Waals surface area contributed by atoms with E-state index in [1.54, 1.807) is 0 Å². The number of nitrogens with zero attached hydrogens (tertiary/aromatic N) is 3. The van der Waals surface area contributed by atoms with Gasteiger partial charge in [0.25, 0.3) is 5.91 Å². The normalized spacial score (nSPS) is 18.8. The molecule has 26 heavy (non-hydrogen) atoms. The highest BCUT2D eigenvalue weighted by atomic mass is 16.1. The van der Waals surface area contributed by atoms with Gasteiger partial charge >= 0.3 is 0 Å². The molecule has 0 radical (unpaired) electrons. The van der Waals surface area contributed by atoms with E-state index in [-0.39, 0.29) is 5.91 Å². The van der Waals surface area contributed by atoms with E-state index in [9.17, 15) is 4.79 Å². The Morgan fingerprint density at radius 3 is 3.12 bits per heavy atom. The molecule has 2 heterocycles. The number of aryl methyl sites for hydroxylation is 2. The first-order valence-electron chi connectivity index (χ1n) is 9.64. The fraction of sp³-hybridized carbons (Fsp3) is 0.476. The van der Waals surface area contributed by atoms with Crippen LogP contribution in [0, 0.1) is 12.8 Å². The lowest BCUT2D eigenvalue weighted by Crippen LogP contribution is -2.28. The topological polar surface area (TPSA) is 58.1 Å². The Hall–Kier alpha value is -2.43. The molecule has 2 aliphatic rings. The van der Waals surface area contributed by atoms with Crippen LogP contribution in [0.3, 0.4) is 0 Å². The van der Waals surface area contributed by atoms with E-state index in [0.29, 0.717) is 5.92 Å². The summed E-state index contributed by atoms with van der Waals surface area (Å²) in [7, 11) is 0. The van der Waals surface area contributed by atoms with E-state index in [4.69, 9.17) is 0 Å². The molecule has 5 nitrogen and oxygen atoms in total. The first-order chi connectivity index (χ1) is 12.7. The van der Waals surface area contributed by atoms with Crippen molar-refractivity contribution in [3.8, 4) is 0 Å². The maximum absolute atomic E-state index is 12.6. The molecule has 1 atom stereocenters. The minimum Gasteiger partial charge on any atom is -0.356 e. The summed E-state index contributed by atoms with van der Waals surface area (Å²) in [6.07, 6.45) is 7.30. The summed E-state index contributed by atoms with van der Waals surface area (Å²) in [4.78, 5) is 23.6. The molecule has 0 saturated carbocycles. The van der Waals surface area contributed by atoms with Crippen LogP contribution in [-0.4, -0.2) is 35.5 Å². The van der Waals surface area contributed by atoms with Gasteiger partial charge in [0, 0.05) is 31.4 Å². The van der Waals surface area contributed by atoms with Crippen LogP contribution in [0.5, 0.6) is 0 Å². The maximum atomic E-state index is 12.6. The molecule has 1 amide bonds. The van der Waals surface area contributed by atoms with Crippen molar-refractivity contribution in [3.63, 3.8) is 0 Å². The molecule has 1 aliphatic carbocycles. The minimum absolute atomic E-state index is 0.0880. The van der Waals surface area contributed by atoms with Gasteiger partial charge in [0.15, 0.2) is 0 Å². The Balaban J connectivity index is 1.28. The zero-order valence-electron chi connectivity index (χ0n) is 15.4. The van der Waals surface area contributed by atoms with Crippen LogP contribution in [0.25, 0.3) is 0 Å². The highest BCUT2D eigenvalue weighted by Crippen LogP contribution is 2.26. The number of nitrogens with one attached hydrogen (secondary N) is 1. The zero-order chi connectivity index (χ0) is 17.9. The first kappa shape index (κ1) is 17.0. The highest BCUT2D eigenvalue weighted by molar-refractivity contribution is 5.96. The van der Waals surface area contributed by atoms with Crippen molar-refractivity contribution < 1.29 is 4.79 Å². The number of carbonyl (C=O) groups excluding carboxylic acids is 1. The van der Waals surface area contributed by atoms with Crippen molar-refractivity contribution in [1.82, 2.24) is 15.3 Å². The molecule has 5 heteroatoms. The number of benzene rings is 1. The minimum atomic E-state index is 0.0880. The average molecular weight is 350 g/mol. The Kier molecular flexibility index (Phi) is 4.87. The van der Waals surface area contributed by atoms with Crippen LogP contribution >= 0.6 is 0 Å². The van der Waals surface area contributed by atoms with E-state index < -0.39 is 0 Å². The van der Waals surface area contributed by atoms with Crippen molar-refractivity contribution >= 4 is 11.7 Å². The molecular weight excluding hydrogens is 324 g/mol. The number of anilines is 1. The largest absolute Gasteiger partial charge is 0.356 e. The average Bonchev–Trinajstić information content (AvgIpc) is 3.30. The van der Waals surface area contributed by atoms with E-state index >= 15 is 0 Å². The standard InChI is InChI=1S/C21H26N4O/c1-15-22-12-9-20(24-15)25-13-10-16(14-25)8-11-23-21(26)19-7-3-5-17-4-2-6-18(17)19/h3,5,7,9,12,16H,2,4,6,8,10-11,13-14H2,1H3,(H,23,26). The summed E-state index contributed by atoms with van der Waals surface area (Å²) in [5.41, 5.74) is 3.49. The van der Waals surface area contributed by atoms with Crippen molar-refractivity contribution in [1.29, 1.82) is 0 Å². The van der Waals surface area contributed by atoms with Crippen LogP contribution in [0.1, 0.15) is 46.6 Å². The predicted octanol–water partition coefficient (Wildman–Crippen LogP) is 2.92. The van der Waals surface area contributed by atoms with Crippen LogP contribution in [-0.2, 0) is 12.8 Å². The molecule has 0 bridgehead atoms. The van der Waals surface area contributed by atoms with Gasteiger partial charge in [-0.05, 0) is 68.2 Å². The van der Waals surface area contributed by atoms with E-state index in [1.165, 1.54) is 17.5 Å². The van der Waals surface area contributed by atoms with Gasteiger partial charge in [-0.3, -0.25) is 4.79 Å². The predicted molar refractivity (Wildman–Crippen MR) is 103 cm³/mol. The monoisotopic (exact) mass is 350 g/mol. The molecule has 4 rings (SSSR count). The van der Waals surface area contributed by atoms with Crippen molar-refractivity contribution in [3.05, 3.63) is 53.0 Å². The van der Waals surface area contributed by atoms with Gasteiger partial charge in [0.05, 0.1) is 0 Å². The number of hydrogen-bond acceptors (Lipinski definition) is 4. The van der Waals surface area contributed by atoms with Crippen LogP contribution in [0.4, 0.5) is 5.82 Å². The van der Waals surface area contributed by atoms with Gasteiger partial charge in [-0.1, -0.05) is 12.1 Å². The van der Waals surface area contributed by atoms with Crippen molar-refractivity contribution in [2.45, 2.75) is 39.0 Å². The number of carbonyl (C=O) groups is 1. The second-order valence-corrected chi connectivity index (χ2v) is 7.40. The molecule has 2 aromatic rings. The van der Waals surface area contributed by atoms with Crippen molar-refractivity contribution in [2.24, 2.45) is 5.92 Å². The molecule has 1 aromatic carbocycles. The van der Waals surface area contributed by atoms with Gasteiger partial charge in [-0.15, -0.1) is 0 Å². The second-order valence-electron chi connectivity index (χ2n) is 7.40. The molecule has 1 saturated heterocycles. The number of aromatic nitrogens is 2. The number of fused-ring (bicyclic) bond motifs is 1. The number of hydrogen-bond donors (Lipinski definition) is 1. The lowest BCUT2D eigenvalue weighted by Gasteiger charge is -2.17.